The quantitative estimate of drug-likeness (QED) is 0.0988. The minimum absolute atomic E-state index is 0. The van der Waals surface area contributed by atoms with Crippen LogP contribution in [-0.4, -0.2) is 43.7 Å². The summed E-state index contributed by atoms with van der Waals surface area (Å²) < 4.78 is 10.7. The molecule has 3 N–H and O–H groups in total. The second-order valence-electron chi connectivity index (χ2n) is 5.90. The molecular weight excluding hydrogens is 489 g/mol. The zero-order valence-electron chi connectivity index (χ0n) is 16.4. The molecule has 0 amide bonds. The molecule has 1 heterocycles. The fourth-order valence-electron chi connectivity index (χ4n) is 2.36. The van der Waals surface area contributed by atoms with Gasteiger partial charge in [-0.05, 0) is 37.6 Å². The van der Waals surface area contributed by atoms with E-state index in [1.165, 1.54) is 12.1 Å². The zero-order chi connectivity index (χ0) is 20.0. The molecule has 0 unspecified atom stereocenters. The van der Waals surface area contributed by atoms with Crippen molar-refractivity contribution in [2.24, 2.45) is 4.99 Å². The van der Waals surface area contributed by atoms with E-state index in [4.69, 9.17) is 9.15 Å². The van der Waals surface area contributed by atoms with Crippen LogP contribution in [0.25, 0.3) is 0 Å². The summed E-state index contributed by atoms with van der Waals surface area (Å²) in [6, 6.07) is 10.1. The number of nitro groups is 1. The molecule has 160 valence electrons. The largest absolute Gasteiger partial charge is 0.467 e. The molecule has 0 fully saturated rings. The van der Waals surface area contributed by atoms with Gasteiger partial charge in [0, 0.05) is 50.6 Å². The maximum Gasteiger partial charge on any atom is 0.269 e. The summed E-state index contributed by atoms with van der Waals surface area (Å²) in [5.41, 5.74) is 0.918. The van der Waals surface area contributed by atoms with Gasteiger partial charge in [0.25, 0.3) is 5.69 Å². The van der Waals surface area contributed by atoms with E-state index in [9.17, 15) is 10.1 Å². The van der Waals surface area contributed by atoms with Crippen molar-refractivity contribution >= 4 is 41.3 Å². The molecule has 0 aliphatic rings. The summed E-state index contributed by atoms with van der Waals surface area (Å²) in [4.78, 5) is 14.8. The number of anilines is 1. The molecule has 10 heteroatoms. The first kappa shape index (κ1) is 24.7. The average molecular weight is 517 g/mol. The molecule has 0 radical (unpaired) electrons. The van der Waals surface area contributed by atoms with Gasteiger partial charge < -0.3 is 25.1 Å². The molecule has 0 saturated heterocycles. The highest BCUT2D eigenvalue weighted by atomic mass is 127. The van der Waals surface area contributed by atoms with Crippen LogP contribution in [0, 0.1) is 10.1 Å². The van der Waals surface area contributed by atoms with Crippen molar-refractivity contribution in [3.8, 4) is 0 Å². The van der Waals surface area contributed by atoms with Crippen LogP contribution in [0.5, 0.6) is 0 Å². The summed E-state index contributed by atoms with van der Waals surface area (Å²) >= 11 is 0. The number of rotatable bonds is 12. The van der Waals surface area contributed by atoms with Crippen LogP contribution in [0.15, 0.2) is 52.1 Å². The number of nitrogens with zero attached hydrogens (tertiary/aromatic N) is 2. The van der Waals surface area contributed by atoms with Crippen molar-refractivity contribution in [3.63, 3.8) is 0 Å². The third-order valence-electron chi connectivity index (χ3n) is 3.71. The summed E-state index contributed by atoms with van der Waals surface area (Å²) in [7, 11) is 0. The smallest absolute Gasteiger partial charge is 0.269 e. The lowest BCUT2D eigenvalue weighted by atomic mass is 10.3. The highest BCUT2D eigenvalue weighted by Gasteiger charge is 2.03. The van der Waals surface area contributed by atoms with Gasteiger partial charge in [0.2, 0.25) is 0 Å². The average Bonchev–Trinajstić information content (AvgIpc) is 3.21. The van der Waals surface area contributed by atoms with Crippen molar-refractivity contribution in [3.05, 3.63) is 58.5 Å². The predicted octanol–water partition coefficient (Wildman–Crippen LogP) is 3.38. The Bertz CT molecular complexity index is 723. The number of nitrogens with one attached hydrogen (secondary N) is 3. The van der Waals surface area contributed by atoms with Crippen molar-refractivity contribution < 1.29 is 14.1 Å². The number of guanidine groups is 1. The van der Waals surface area contributed by atoms with Gasteiger partial charge in [-0.1, -0.05) is 0 Å². The number of ether oxygens (including phenoxy) is 1. The number of nitro benzene ring substituents is 1. The van der Waals surface area contributed by atoms with E-state index >= 15 is 0 Å². The molecule has 0 spiro atoms. The molecule has 1 aromatic heterocycles. The number of hydrogen-bond donors (Lipinski definition) is 3. The lowest BCUT2D eigenvalue weighted by Gasteiger charge is -2.12. The van der Waals surface area contributed by atoms with E-state index in [0.29, 0.717) is 32.8 Å². The van der Waals surface area contributed by atoms with Gasteiger partial charge in [-0.2, -0.15) is 0 Å². The Kier molecular flexibility index (Phi) is 12.5. The lowest BCUT2D eigenvalue weighted by molar-refractivity contribution is -0.384. The van der Waals surface area contributed by atoms with Gasteiger partial charge in [-0.3, -0.25) is 15.1 Å². The SMILES string of the molecule is CCNC(=NCCCOCc1ccco1)NCCNc1ccc([N+](=O)[O-])cc1.I. The zero-order valence-corrected chi connectivity index (χ0v) is 18.8. The van der Waals surface area contributed by atoms with Gasteiger partial charge >= 0.3 is 0 Å². The van der Waals surface area contributed by atoms with Crippen LogP contribution in [0.4, 0.5) is 11.4 Å². The van der Waals surface area contributed by atoms with Crippen LogP contribution in [0.2, 0.25) is 0 Å². The van der Waals surface area contributed by atoms with Gasteiger partial charge in [0.05, 0.1) is 11.2 Å². The fourth-order valence-corrected chi connectivity index (χ4v) is 2.36. The number of hydrogen-bond acceptors (Lipinski definition) is 6. The topological polar surface area (TPSA) is 114 Å². The second kappa shape index (κ2) is 14.6. The Labute approximate surface area is 187 Å². The first-order valence-corrected chi connectivity index (χ1v) is 9.29. The Morgan fingerprint density at radius 2 is 2.00 bits per heavy atom. The normalized spacial score (nSPS) is 10.9. The third kappa shape index (κ3) is 10.1. The van der Waals surface area contributed by atoms with E-state index in [0.717, 1.165) is 30.4 Å². The number of non-ortho nitro benzene ring substituents is 1. The van der Waals surface area contributed by atoms with E-state index in [1.807, 2.05) is 19.1 Å². The summed E-state index contributed by atoms with van der Waals surface area (Å²) in [6.07, 6.45) is 2.45. The molecule has 9 nitrogen and oxygen atoms in total. The van der Waals surface area contributed by atoms with Crippen LogP contribution in [0.1, 0.15) is 19.1 Å². The van der Waals surface area contributed by atoms with E-state index in [-0.39, 0.29) is 29.7 Å². The fraction of sp³-hybridized carbons (Fsp3) is 0.421. The van der Waals surface area contributed by atoms with Crippen molar-refractivity contribution in [1.82, 2.24) is 10.6 Å². The summed E-state index contributed by atoms with van der Waals surface area (Å²) in [5, 5.41) is 20.3. The maximum absolute atomic E-state index is 10.7. The highest BCUT2D eigenvalue weighted by molar-refractivity contribution is 14.0. The molecule has 0 aliphatic heterocycles. The second-order valence-corrected chi connectivity index (χ2v) is 5.90. The molecular formula is C19H28IN5O4. The third-order valence-corrected chi connectivity index (χ3v) is 3.71. The molecule has 29 heavy (non-hydrogen) atoms. The first-order chi connectivity index (χ1) is 13.7. The highest BCUT2D eigenvalue weighted by Crippen LogP contribution is 2.14. The Morgan fingerprint density at radius 3 is 2.66 bits per heavy atom. The standard InChI is InChI=1S/C19H27N5O4.HI/c1-2-20-19(22-10-4-13-27-15-18-5-3-14-28-18)23-12-11-21-16-6-8-17(9-7-16)24(25)26;/h3,5-9,14,21H,2,4,10-13,15H2,1H3,(H2,20,22,23);1H. The van der Waals surface area contributed by atoms with Crippen LogP contribution in [0.3, 0.4) is 0 Å². The van der Waals surface area contributed by atoms with Gasteiger partial charge in [0.15, 0.2) is 5.96 Å². The number of benzene rings is 1. The van der Waals surface area contributed by atoms with Crippen molar-refractivity contribution in [2.75, 3.05) is 38.1 Å². The van der Waals surface area contributed by atoms with Crippen LogP contribution in [-0.2, 0) is 11.3 Å². The summed E-state index contributed by atoms with van der Waals surface area (Å²) in [5.74, 6) is 1.57. The Hall–Kier alpha value is -2.34. The Balaban J connectivity index is 0.00000420. The van der Waals surface area contributed by atoms with Gasteiger partial charge in [-0.15, -0.1) is 24.0 Å². The first-order valence-electron chi connectivity index (χ1n) is 9.29. The maximum atomic E-state index is 10.7. The molecule has 2 rings (SSSR count). The number of furan rings is 1. The molecule has 0 bridgehead atoms. The van der Waals surface area contributed by atoms with Gasteiger partial charge in [-0.25, -0.2) is 0 Å². The monoisotopic (exact) mass is 517 g/mol. The lowest BCUT2D eigenvalue weighted by Crippen LogP contribution is -2.39. The van der Waals surface area contributed by atoms with E-state index in [1.54, 1.807) is 18.4 Å². The molecule has 0 saturated carbocycles. The molecule has 1 aromatic carbocycles. The van der Waals surface area contributed by atoms with Crippen LogP contribution >= 0.6 is 24.0 Å². The number of aliphatic imine (C=N–C) groups is 1. The molecule has 2 aromatic rings. The Morgan fingerprint density at radius 1 is 1.21 bits per heavy atom. The predicted molar refractivity (Wildman–Crippen MR) is 124 cm³/mol. The molecule has 0 aliphatic carbocycles. The minimum Gasteiger partial charge on any atom is -0.467 e. The van der Waals surface area contributed by atoms with Crippen molar-refractivity contribution in [1.29, 1.82) is 0 Å². The van der Waals surface area contributed by atoms with E-state index < -0.39 is 4.92 Å². The molecule has 0 atom stereocenters. The van der Waals surface area contributed by atoms with Crippen LogP contribution < -0.4 is 16.0 Å². The minimum atomic E-state index is -0.410. The van der Waals surface area contributed by atoms with E-state index in [2.05, 4.69) is 20.9 Å². The van der Waals surface area contributed by atoms with Gasteiger partial charge in [0.1, 0.15) is 12.4 Å². The summed E-state index contributed by atoms with van der Waals surface area (Å²) in [6.45, 7) is 5.86. The van der Waals surface area contributed by atoms with Crippen molar-refractivity contribution in [2.45, 2.75) is 20.0 Å². The number of halogens is 1.